The van der Waals surface area contributed by atoms with Gasteiger partial charge in [0.2, 0.25) is 0 Å². The van der Waals surface area contributed by atoms with Gasteiger partial charge >= 0.3 is 0 Å². The van der Waals surface area contributed by atoms with E-state index in [0.29, 0.717) is 11.5 Å². The molecule has 0 spiro atoms. The molecule has 0 atom stereocenters. The zero-order valence-corrected chi connectivity index (χ0v) is 7.58. The molecule has 0 unspecified atom stereocenters. The summed E-state index contributed by atoms with van der Waals surface area (Å²) in [4.78, 5) is 15.2. The Morgan fingerprint density at radius 2 is 2.31 bits per heavy atom. The van der Waals surface area contributed by atoms with Crippen LogP contribution in [0.15, 0.2) is 12.3 Å². The van der Waals surface area contributed by atoms with Crippen LogP contribution in [0.4, 0.5) is 0 Å². The Bertz CT molecular complexity index is 356. The molecule has 3 heteroatoms. The zero-order chi connectivity index (χ0) is 9.42. The van der Waals surface area contributed by atoms with E-state index in [2.05, 4.69) is 4.98 Å². The van der Waals surface area contributed by atoms with Crippen molar-refractivity contribution >= 4 is 5.91 Å². The lowest BCUT2D eigenvalue weighted by Gasteiger charge is -2.03. The topological polar surface area (TPSA) is 56.0 Å². The molecule has 1 aliphatic rings. The number of hydrogen-bond donors (Lipinski definition) is 1. The first-order valence-corrected chi connectivity index (χ1v) is 4.45. The van der Waals surface area contributed by atoms with E-state index in [4.69, 9.17) is 5.73 Å². The Kier molecular flexibility index (Phi) is 1.79. The first-order valence-electron chi connectivity index (χ1n) is 4.45. The second-order valence-electron chi connectivity index (χ2n) is 3.54. The number of aromatic nitrogens is 1. The summed E-state index contributed by atoms with van der Waals surface area (Å²) in [7, 11) is 0. The molecule has 3 nitrogen and oxygen atoms in total. The van der Waals surface area contributed by atoms with E-state index < -0.39 is 0 Å². The van der Waals surface area contributed by atoms with E-state index in [0.717, 1.165) is 11.3 Å². The molecule has 0 saturated heterocycles. The van der Waals surface area contributed by atoms with Crippen LogP contribution in [0.25, 0.3) is 0 Å². The number of aryl methyl sites for hydroxylation is 1. The summed E-state index contributed by atoms with van der Waals surface area (Å²) >= 11 is 0. The fourth-order valence-corrected chi connectivity index (χ4v) is 1.44. The standard InChI is InChI=1S/C10H12N2O/c1-6-9(10(11)13)4-8(5-12-6)7-2-3-7/h4-5,7H,2-3H2,1H3,(H2,11,13). The Morgan fingerprint density at radius 3 is 2.85 bits per heavy atom. The molecular weight excluding hydrogens is 164 g/mol. The lowest BCUT2D eigenvalue weighted by atomic mass is 10.1. The third kappa shape index (κ3) is 1.54. The van der Waals surface area contributed by atoms with Crippen LogP contribution in [0.2, 0.25) is 0 Å². The summed E-state index contributed by atoms with van der Waals surface area (Å²) in [6.45, 7) is 1.80. The summed E-state index contributed by atoms with van der Waals surface area (Å²) in [6, 6.07) is 1.88. The highest BCUT2D eigenvalue weighted by Gasteiger charge is 2.24. The fourth-order valence-electron chi connectivity index (χ4n) is 1.44. The van der Waals surface area contributed by atoms with Crippen molar-refractivity contribution in [3.05, 3.63) is 29.1 Å². The summed E-state index contributed by atoms with van der Waals surface area (Å²) in [5, 5.41) is 0. The Hall–Kier alpha value is -1.38. The van der Waals surface area contributed by atoms with Gasteiger partial charge in [0.1, 0.15) is 0 Å². The van der Waals surface area contributed by atoms with Gasteiger partial charge < -0.3 is 5.73 Å². The second-order valence-corrected chi connectivity index (χ2v) is 3.54. The summed E-state index contributed by atoms with van der Waals surface area (Å²) in [6.07, 6.45) is 4.27. The molecule has 0 radical (unpaired) electrons. The Balaban J connectivity index is 2.41. The maximum atomic E-state index is 11.0. The number of rotatable bonds is 2. The highest BCUT2D eigenvalue weighted by Crippen LogP contribution is 2.39. The third-order valence-electron chi connectivity index (χ3n) is 2.42. The van der Waals surface area contributed by atoms with Gasteiger partial charge in [-0.3, -0.25) is 9.78 Å². The molecule has 13 heavy (non-hydrogen) atoms. The van der Waals surface area contributed by atoms with E-state index in [9.17, 15) is 4.79 Å². The Labute approximate surface area is 77.0 Å². The highest BCUT2D eigenvalue weighted by atomic mass is 16.1. The molecule has 1 saturated carbocycles. The second kappa shape index (κ2) is 2.83. The van der Waals surface area contributed by atoms with Gasteiger partial charge in [-0.05, 0) is 37.3 Å². The van der Waals surface area contributed by atoms with Gasteiger partial charge in [0.05, 0.1) is 5.56 Å². The normalized spacial score (nSPS) is 15.8. The molecule has 1 aromatic heterocycles. The van der Waals surface area contributed by atoms with E-state index in [1.54, 1.807) is 6.92 Å². The first kappa shape index (κ1) is 8.23. The van der Waals surface area contributed by atoms with E-state index in [1.807, 2.05) is 12.3 Å². The monoisotopic (exact) mass is 176 g/mol. The van der Waals surface area contributed by atoms with E-state index in [1.165, 1.54) is 12.8 Å². The summed E-state index contributed by atoms with van der Waals surface area (Å²) in [5.74, 6) is 0.235. The third-order valence-corrected chi connectivity index (χ3v) is 2.42. The lowest BCUT2D eigenvalue weighted by molar-refractivity contribution is 0.0999. The minimum atomic E-state index is -0.382. The van der Waals surface area contributed by atoms with Gasteiger partial charge in [-0.2, -0.15) is 0 Å². The molecule has 1 aliphatic carbocycles. The number of carbonyl (C=O) groups excluding carboxylic acids is 1. The van der Waals surface area contributed by atoms with Crippen LogP contribution in [0.5, 0.6) is 0 Å². The van der Waals surface area contributed by atoms with E-state index in [-0.39, 0.29) is 5.91 Å². The van der Waals surface area contributed by atoms with Crippen LogP contribution in [-0.2, 0) is 0 Å². The van der Waals surface area contributed by atoms with Gasteiger partial charge in [-0.25, -0.2) is 0 Å². The SMILES string of the molecule is Cc1ncc(C2CC2)cc1C(N)=O. The number of amides is 1. The number of primary amides is 1. The molecule has 2 rings (SSSR count). The average molecular weight is 176 g/mol. The van der Waals surface area contributed by atoms with Crippen LogP contribution in [0, 0.1) is 6.92 Å². The first-order chi connectivity index (χ1) is 6.18. The predicted molar refractivity (Wildman–Crippen MR) is 49.5 cm³/mol. The molecule has 0 aliphatic heterocycles. The van der Waals surface area contributed by atoms with Crippen molar-refractivity contribution in [3.8, 4) is 0 Å². The number of nitrogens with zero attached hydrogens (tertiary/aromatic N) is 1. The predicted octanol–water partition coefficient (Wildman–Crippen LogP) is 1.37. The highest BCUT2D eigenvalue weighted by molar-refractivity contribution is 5.93. The van der Waals surface area contributed by atoms with Crippen LogP contribution in [0.3, 0.4) is 0 Å². The van der Waals surface area contributed by atoms with Gasteiger partial charge in [0.15, 0.2) is 0 Å². The lowest BCUT2D eigenvalue weighted by Crippen LogP contribution is -2.13. The van der Waals surface area contributed by atoms with Crippen molar-refractivity contribution in [3.63, 3.8) is 0 Å². The van der Waals surface area contributed by atoms with Crippen molar-refractivity contribution in [2.45, 2.75) is 25.7 Å². The quantitative estimate of drug-likeness (QED) is 0.739. The van der Waals surface area contributed by atoms with Crippen LogP contribution >= 0.6 is 0 Å². The van der Waals surface area contributed by atoms with Crippen LogP contribution in [0.1, 0.15) is 40.4 Å². The molecule has 1 amide bonds. The number of nitrogens with two attached hydrogens (primary N) is 1. The molecule has 1 fully saturated rings. The molecular formula is C10H12N2O. The number of pyridine rings is 1. The number of carbonyl (C=O) groups is 1. The van der Waals surface area contributed by atoms with Gasteiger partial charge in [-0.15, -0.1) is 0 Å². The molecule has 68 valence electrons. The van der Waals surface area contributed by atoms with Crippen molar-refractivity contribution in [1.29, 1.82) is 0 Å². The fraction of sp³-hybridized carbons (Fsp3) is 0.400. The van der Waals surface area contributed by atoms with Crippen molar-refractivity contribution in [2.24, 2.45) is 5.73 Å². The summed E-state index contributed by atoms with van der Waals surface area (Å²) < 4.78 is 0. The largest absolute Gasteiger partial charge is 0.366 e. The smallest absolute Gasteiger partial charge is 0.250 e. The van der Waals surface area contributed by atoms with Gasteiger partial charge in [0, 0.05) is 11.9 Å². The Morgan fingerprint density at radius 1 is 1.62 bits per heavy atom. The van der Waals surface area contributed by atoms with Gasteiger partial charge in [0.25, 0.3) is 5.91 Å². The summed E-state index contributed by atoms with van der Waals surface area (Å²) in [5.41, 5.74) is 7.66. The molecule has 0 bridgehead atoms. The van der Waals surface area contributed by atoms with Crippen LogP contribution < -0.4 is 5.73 Å². The molecule has 1 aromatic rings. The molecule has 2 N–H and O–H groups in total. The minimum absolute atomic E-state index is 0.382. The maximum Gasteiger partial charge on any atom is 0.250 e. The van der Waals surface area contributed by atoms with Gasteiger partial charge in [-0.1, -0.05) is 0 Å². The maximum absolute atomic E-state index is 11.0. The minimum Gasteiger partial charge on any atom is -0.366 e. The van der Waals surface area contributed by atoms with Crippen molar-refractivity contribution in [2.75, 3.05) is 0 Å². The van der Waals surface area contributed by atoms with Crippen molar-refractivity contribution < 1.29 is 4.79 Å². The number of hydrogen-bond acceptors (Lipinski definition) is 2. The zero-order valence-electron chi connectivity index (χ0n) is 7.58. The van der Waals surface area contributed by atoms with Crippen molar-refractivity contribution in [1.82, 2.24) is 4.98 Å². The molecule has 1 heterocycles. The van der Waals surface area contributed by atoms with E-state index >= 15 is 0 Å². The average Bonchev–Trinajstić information content (AvgIpc) is 2.87. The van der Waals surface area contributed by atoms with Crippen LogP contribution in [-0.4, -0.2) is 10.9 Å². The molecule has 0 aromatic carbocycles.